The summed E-state index contributed by atoms with van der Waals surface area (Å²) in [7, 11) is 0. The van der Waals surface area contributed by atoms with Crippen molar-refractivity contribution in [1.29, 1.82) is 0 Å². The smallest absolute Gasteiger partial charge is 0.179 e. The number of aromatic nitrogens is 2. The Morgan fingerprint density at radius 1 is 1.35 bits per heavy atom. The van der Waals surface area contributed by atoms with Crippen molar-refractivity contribution in [3.63, 3.8) is 0 Å². The van der Waals surface area contributed by atoms with Crippen LogP contribution in [0.2, 0.25) is 5.02 Å². The van der Waals surface area contributed by atoms with E-state index in [2.05, 4.69) is 21.6 Å². The number of hydrogen-bond donors (Lipinski definition) is 1. The molecule has 0 saturated heterocycles. The molecule has 1 aromatic heterocycles. The van der Waals surface area contributed by atoms with E-state index in [0.29, 0.717) is 6.04 Å². The monoisotopic (exact) mass is 343 g/mol. The minimum Gasteiger partial charge on any atom is -0.310 e. The number of nitrogens with zero attached hydrogens (tertiary/aromatic N) is 2. The molecule has 1 fully saturated rings. The van der Waals surface area contributed by atoms with Crippen molar-refractivity contribution in [2.24, 2.45) is 0 Å². The van der Waals surface area contributed by atoms with Gasteiger partial charge in [0.15, 0.2) is 8.68 Å². The topological polar surface area (TPSA) is 37.8 Å². The van der Waals surface area contributed by atoms with Crippen molar-refractivity contribution in [3.8, 4) is 0 Å². The highest BCUT2D eigenvalue weighted by molar-refractivity contribution is 8.03. The van der Waals surface area contributed by atoms with Gasteiger partial charge in [0.2, 0.25) is 0 Å². The van der Waals surface area contributed by atoms with E-state index in [1.165, 1.54) is 18.4 Å². The van der Waals surface area contributed by atoms with E-state index in [1.54, 1.807) is 34.9 Å². The predicted octanol–water partition coefficient (Wildman–Crippen LogP) is 4.32. The molecule has 0 unspecified atom stereocenters. The number of nitrogens with one attached hydrogen (secondary N) is 1. The highest BCUT2D eigenvalue weighted by Gasteiger charge is 2.20. The molecule has 1 aliphatic rings. The second-order valence-corrected chi connectivity index (χ2v) is 8.30. The van der Waals surface area contributed by atoms with Crippen molar-refractivity contribution in [3.05, 3.63) is 28.8 Å². The van der Waals surface area contributed by atoms with Crippen molar-refractivity contribution in [1.82, 2.24) is 15.5 Å². The fraction of sp³-hybridized carbons (Fsp3) is 0.385. The first-order valence-electron chi connectivity index (χ1n) is 6.32. The van der Waals surface area contributed by atoms with Gasteiger partial charge in [-0.3, -0.25) is 0 Å². The minimum absolute atomic E-state index is 0.702. The molecule has 1 saturated carbocycles. The Hall–Kier alpha value is -0.270. The molecule has 1 N–H and O–H groups in total. The average molecular weight is 344 g/mol. The zero-order valence-electron chi connectivity index (χ0n) is 10.9. The van der Waals surface area contributed by atoms with Crippen LogP contribution in [0.1, 0.15) is 18.4 Å². The highest BCUT2D eigenvalue weighted by Crippen LogP contribution is 2.36. The molecule has 20 heavy (non-hydrogen) atoms. The van der Waals surface area contributed by atoms with Crippen LogP contribution in [-0.4, -0.2) is 22.5 Å². The molecule has 1 aliphatic carbocycles. The zero-order valence-corrected chi connectivity index (χ0v) is 14.1. The molecule has 1 aromatic carbocycles. The molecule has 0 spiro atoms. The Balaban J connectivity index is 1.76. The van der Waals surface area contributed by atoms with Crippen molar-refractivity contribution >= 4 is 46.5 Å². The molecule has 3 nitrogen and oxygen atoms in total. The van der Waals surface area contributed by atoms with Crippen LogP contribution in [0.4, 0.5) is 0 Å². The Kier molecular flexibility index (Phi) is 4.88. The van der Waals surface area contributed by atoms with Crippen molar-refractivity contribution < 1.29 is 0 Å². The van der Waals surface area contributed by atoms with Gasteiger partial charge >= 0.3 is 0 Å². The largest absolute Gasteiger partial charge is 0.310 e. The van der Waals surface area contributed by atoms with Crippen LogP contribution in [0, 0.1) is 0 Å². The Labute approximate surface area is 135 Å². The third-order valence-electron chi connectivity index (χ3n) is 2.95. The number of halogens is 1. The average Bonchev–Trinajstić information content (AvgIpc) is 3.16. The summed E-state index contributed by atoms with van der Waals surface area (Å²) in [6, 6.07) is 6.75. The van der Waals surface area contributed by atoms with Gasteiger partial charge < -0.3 is 5.32 Å². The van der Waals surface area contributed by atoms with Crippen LogP contribution in [-0.2, 0) is 6.54 Å². The van der Waals surface area contributed by atoms with Crippen LogP contribution < -0.4 is 5.32 Å². The molecule has 7 heteroatoms. The van der Waals surface area contributed by atoms with Gasteiger partial charge in [0.05, 0.1) is 0 Å². The second-order valence-electron chi connectivity index (χ2n) is 4.55. The molecular weight excluding hydrogens is 330 g/mol. The zero-order chi connectivity index (χ0) is 13.9. The van der Waals surface area contributed by atoms with E-state index in [4.69, 9.17) is 11.6 Å². The van der Waals surface area contributed by atoms with Gasteiger partial charge in [-0.25, -0.2) is 0 Å². The summed E-state index contributed by atoms with van der Waals surface area (Å²) in [6.45, 7) is 0.887. The summed E-state index contributed by atoms with van der Waals surface area (Å²) in [5.74, 6) is 0. The summed E-state index contributed by atoms with van der Waals surface area (Å²) in [5.41, 5.74) is 1.27. The highest BCUT2D eigenvalue weighted by atomic mass is 35.5. The molecule has 3 rings (SSSR count). The van der Waals surface area contributed by atoms with E-state index in [0.717, 1.165) is 25.1 Å². The normalized spacial score (nSPS) is 14.7. The molecule has 0 aliphatic heterocycles. The molecule has 0 radical (unpaired) electrons. The van der Waals surface area contributed by atoms with Crippen molar-refractivity contribution in [2.45, 2.75) is 39.0 Å². The van der Waals surface area contributed by atoms with Crippen LogP contribution in [0.5, 0.6) is 0 Å². The van der Waals surface area contributed by atoms with E-state index >= 15 is 0 Å². The number of thioether (sulfide) groups is 1. The fourth-order valence-corrected chi connectivity index (χ4v) is 4.53. The van der Waals surface area contributed by atoms with E-state index < -0.39 is 0 Å². The van der Waals surface area contributed by atoms with Gasteiger partial charge in [-0.2, -0.15) is 0 Å². The van der Waals surface area contributed by atoms with Gasteiger partial charge in [0.25, 0.3) is 0 Å². The van der Waals surface area contributed by atoms with Gasteiger partial charge in [-0.05, 0) is 36.8 Å². The lowest BCUT2D eigenvalue weighted by molar-refractivity contribution is 0.680. The van der Waals surface area contributed by atoms with E-state index in [9.17, 15) is 0 Å². The summed E-state index contributed by atoms with van der Waals surface area (Å²) in [6.07, 6.45) is 4.60. The Bertz CT molecular complexity index is 598. The summed E-state index contributed by atoms with van der Waals surface area (Å²) in [4.78, 5) is 1.16. The fourth-order valence-electron chi connectivity index (χ4n) is 1.73. The number of hydrogen-bond acceptors (Lipinski definition) is 6. The third-order valence-corrected chi connectivity index (χ3v) is 6.23. The summed E-state index contributed by atoms with van der Waals surface area (Å²) < 4.78 is 1.96. The van der Waals surface area contributed by atoms with Gasteiger partial charge in [-0.15, -0.1) is 10.2 Å². The second kappa shape index (κ2) is 6.66. The maximum absolute atomic E-state index is 6.12. The summed E-state index contributed by atoms with van der Waals surface area (Å²) >= 11 is 11.0. The lowest BCUT2D eigenvalue weighted by Crippen LogP contribution is -2.15. The van der Waals surface area contributed by atoms with E-state index in [1.807, 2.05) is 18.4 Å². The minimum atomic E-state index is 0.702. The molecule has 0 amide bonds. The molecule has 0 atom stereocenters. The maximum Gasteiger partial charge on any atom is 0.179 e. The van der Waals surface area contributed by atoms with Crippen LogP contribution >= 0.6 is 46.5 Å². The SMILES string of the molecule is CSc1nnc(Sc2cc(Cl)ccc2CNC2CC2)s1. The maximum atomic E-state index is 6.12. The Morgan fingerprint density at radius 2 is 2.15 bits per heavy atom. The number of rotatable bonds is 6. The molecule has 0 bridgehead atoms. The lowest BCUT2D eigenvalue weighted by atomic mass is 10.2. The Morgan fingerprint density at radius 3 is 2.85 bits per heavy atom. The molecule has 106 valence electrons. The molecule has 2 aromatic rings. The first-order valence-corrected chi connectivity index (χ1v) is 9.55. The summed E-state index contributed by atoms with van der Waals surface area (Å²) in [5, 5.41) is 12.6. The van der Waals surface area contributed by atoms with Gasteiger partial charge in [0, 0.05) is 22.5 Å². The quantitative estimate of drug-likeness (QED) is 0.791. The third kappa shape index (κ3) is 3.89. The first kappa shape index (κ1) is 14.7. The van der Waals surface area contributed by atoms with Gasteiger partial charge in [-0.1, -0.05) is 52.5 Å². The first-order chi connectivity index (χ1) is 9.74. The standard InChI is InChI=1S/C13H14ClN3S3/c1-18-12-16-17-13(20-12)19-11-6-9(14)3-2-8(11)7-15-10-4-5-10/h2-3,6,10,15H,4-5,7H2,1H3. The predicted molar refractivity (Wildman–Crippen MR) is 87.1 cm³/mol. The molecule has 1 heterocycles. The van der Waals surface area contributed by atoms with Crippen LogP contribution in [0.3, 0.4) is 0 Å². The van der Waals surface area contributed by atoms with Crippen LogP contribution in [0.25, 0.3) is 0 Å². The lowest BCUT2D eigenvalue weighted by Gasteiger charge is -2.09. The van der Waals surface area contributed by atoms with Crippen molar-refractivity contribution in [2.75, 3.05) is 6.26 Å². The molecular formula is C13H14ClN3S3. The number of benzene rings is 1. The van der Waals surface area contributed by atoms with E-state index in [-0.39, 0.29) is 0 Å². The van der Waals surface area contributed by atoms with Crippen LogP contribution in [0.15, 0.2) is 31.8 Å². The van der Waals surface area contributed by atoms with Gasteiger partial charge in [0.1, 0.15) is 0 Å².